The summed E-state index contributed by atoms with van der Waals surface area (Å²) in [5, 5.41) is 40.8. The Labute approximate surface area is 415 Å². The van der Waals surface area contributed by atoms with Crippen LogP contribution in [-0.2, 0) is 61.9 Å². The number of aliphatic hydroxyl groups excluding tert-OH is 2. The first-order valence-corrected chi connectivity index (χ1v) is 23.7. The molecule has 20 nitrogen and oxygen atoms in total. The van der Waals surface area contributed by atoms with Gasteiger partial charge < -0.3 is 53.8 Å². The fourth-order valence-corrected chi connectivity index (χ4v) is 11.0. The molecular weight excluding hydrogens is 941 g/mol. The first kappa shape index (κ1) is 53.5. The molecule has 5 aliphatic rings. The zero-order chi connectivity index (χ0) is 52.7. The van der Waals surface area contributed by atoms with E-state index in [1.165, 1.54) is 39.8 Å². The number of nitrogens with zero attached hydrogens (tertiary/aromatic N) is 1. The number of ketones is 1. The highest BCUT2D eigenvalue weighted by Gasteiger charge is 2.78. The second-order valence-electron chi connectivity index (χ2n) is 20.6. The highest BCUT2D eigenvalue weighted by Crippen LogP contribution is 2.64. The van der Waals surface area contributed by atoms with Crippen molar-refractivity contribution in [3.05, 3.63) is 95.1 Å². The number of benzene rings is 2. The monoisotopic (exact) mass is 1000 g/mol. The lowest BCUT2D eigenvalue weighted by Crippen LogP contribution is -2.81. The van der Waals surface area contributed by atoms with Gasteiger partial charge in [0, 0.05) is 50.5 Å². The number of alkyl carbamates (subject to hydrolysis) is 1. The zero-order valence-electron chi connectivity index (χ0n) is 41.4. The maximum Gasteiger partial charge on any atom is 0.408 e. The Kier molecular flexibility index (Phi) is 15.1. The molecule has 2 bridgehead atoms. The first-order valence-electron chi connectivity index (χ1n) is 23.7. The van der Waals surface area contributed by atoms with Crippen molar-refractivity contribution in [1.29, 1.82) is 0 Å². The van der Waals surface area contributed by atoms with Crippen LogP contribution in [0.4, 0.5) is 4.79 Å². The van der Waals surface area contributed by atoms with Crippen molar-refractivity contribution in [1.82, 2.24) is 10.2 Å². The molecule has 3 fully saturated rings. The number of carbonyl (C=O) groups is 8. The van der Waals surface area contributed by atoms with Crippen LogP contribution in [-0.4, -0.2) is 148 Å². The van der Waals surface area contributed by atoms with E-state index in [1.807, 2.05) is 0 Å². The molecule has 2 aliphatic heterocycles. The molecule has 5 unspecified atom stereocenters. The molecular formula is C52H62N2O18. The van der Waals surface area contributed by atoms with Crippen LogP contribution in [0.1, 0.15) is 96.6 Å². The van der Waals surface area contributed by atoms with Crippen molar-refractivity contribution in [2.75, 3.05) is 26.4 Å². The summed E-state index contributed by atoms with van der Waals surface area (Å²) in [5.41, 5.74) is -8.91. The molecule has 7 rings (SSSR count). The predicted octanol–water partition coefficient (Wildman–Crippen LogP) is 3.14. The summed E-state index contributed by atoms with van der Waals surface area (Å²) in [5.74, 6) is -7.76. The van der Waals surface area contributed by atoms with Crippen LogP contribution in [0.25, 0.3) is 0 Å². The van der Waals surface area contributed by atoms with Gasteiger partial charge in [0.25, 0.3) is 11.8 Å². The van der Waals surface area contributed by atoms with Crippen molar-refractivity contribution in [2.45, 2.75) is 134 Å². The number of ether oxygens (including phenoxy) is 7. The Morgan fingerprint density at radius 2 is 1.54 bits per heavy atom. The SMILES string of the molecule is CC(=O)O[C@@]12CO[C@@H]1C[C@H](O)[C@@]1(C)C(=O)[C@H](O)C3=C(C)C(OC(=O)C(OC(=O)COCCCN4C(=O)C=CC4=O)C(NC(=O)OC(C)(C)C)c4ccccc4)C[C@@](O)(C(OC(=O)c4ccccc4)C12)C3(C)C. The maximum absolute atomic E-state index is 15.2. The second-order valence-corrected chi connectivity index (χ2v) is 20.6. The molecule has 1 saturated heterocycles. The lowest BCUT2D eigenvalue weighted by molar-refractivity contribution is -0.346. The quantitative estimate of drug-likeness (QED) is 0.0656. The summed E-state index contributed by atoms with van der Waals surface area (Å²) in [6, 6.07) is 14.2. The molecule has 3 aliphatic carbocycles. The van der Waals surface area contributed by atoms with Gasteiger partial charge in [0.1, 0.15) is 48.3 Å². The van der Waals surface area contributed by atoms with Gasteiger partial charge in [-0.1, -0.05) is 62.4 Å². The largest absolute Gasteiger partial charge is 0.455 e. The van der Waals surface area contributed by atoms with E-state index in [0.717, 1.165) is 24.0 Å². The van der Waals surface area contributed by atoms with Crippen molar-refractivity contribution in [3.63, 3.8) is 0 Å². The zero-order valence-corrected chi connectivity index (χ0v) is 41.4. The van der Waals surface area contributed by atoms with E-state index in [9.17, 15) is 44.1 Å². The third-order valence-electron chi connectivity index (χ3n) is 14.6. The molecule has 0 aromatic heterocycles. The summed E-state index contributed by atoms with van der Waals surface area (Å²) in [7, 11) is 0. The molecule has 2 saturated carbocycles. The third kappa shape index (κ3) is 9.94. The van der Waals surface area contributed by atoms with E-state index in [4.69, 9.17) is 33.2 Å². The number of aliphatic hydroxyl groups is 3. The smallest absolute Gasteiger partial charge is 0.408 e. The van der Waals surface area contributed by atoms with E-state index < -0.39 is 137 Å². The van der Waals surface area contributed by atoms with Crippen LogP contribution in [0.2, 0.25) is 0 Å². The highest BCUT2D eigenvalue weighted by atomic mass is 16.6. The third-order valence-corrected chi connectivity index (χ3v) is 14.6. The van der Waals surface area contributed by atoms with Crippen LogP contribution in [0.3, 0.4) is 0 Å². The Morgan fingerprint density at radius 1 is 0.917 bits per heavy atom. The van der Waals surface area contributed by atoms with Gasteiger partial charge in [-0.3, -0.25) is 24.1 Å². The minimum absolute atomic E-state index is 0.00374. The van der Waals surface area contributed by atoms with Gasteiger partial charge in [-0.15, -0.1) is 0 Å². The number of Topliss-reactive ketones (excluding diaryl/α,β-unsaturated/α-hetero) is 1. The molecule has 3 amide bonds. The normalized spacial score (nSPS) is 30.3. The molecule has 0 radical (unpaired) electrons. The van der Waals surface area contributed by atoms with Crippen molar-refractivity contribution < 1.29 is 86.8 Å². The molecule has 72 heavy (non-hydrogen) atoms. The number of hydrogen-bond acceptors (Lipinski definition) is 18. The number of carbonyl (C=O) groups excluding carboxylic acids is 8. The van der Waals surface area contributed by atoms with Gasteiger partial charge in [-0.2, -0.15) is 0 Å². The molecule has 2 aromatic rings. The van der Waals surface area contributed by atoms with E-state index in [2.05, 4.69) is 5.32 Å². The standard InChI is InChI=1S/C52H62N2O18/c1-28-32(68-46(63)41(39(30-16-11-9-12-17-30)53-47(64)72-48(3,4)5)69-37(59)26-66-23-15-22-54-35(57)20-21-36(54)58)25-52(65)44(70-45(62)31-18-13-10-14-19-31)42-50(8,43(61)40(60)38(28)49(52,6)7)33(56)24-34-51(42,27-67-34)71-29(2)55/h9-14,16-21,32-34,39-42,44,56,60,65H,15,22-27H2,1-8H3,(H,53,64)/t32?,33-,34+,39?,40+,41?,42?,44?,50+,51-,52+/m0/s1. The van der Waals surface area contributed by atoms with Crippen LogP contribution < -0.4 is 5.32 Å². The van der Waals surface area contributed by atoms with Crippen LogP contribution in [0.5, 0.6) is 0 Å². The van der Waals surface area contributed by atoms with E-state index in [1.54, 1.807) is 69.3 Å². The Balaban J connectivity index is 1.30. The number of nitrogens with one attached hydrogen (secondary N) is 1. The van der Waals surface area contributed by atoms with Crippen LogP contribution in [0.15, 0.2) is 84.0 Å². The second kappa shape index (κ2) is 20.3. The number of imide groups is 1. The summed E-state index contributed by atoms with van der Waals surface area (Å²) >= 11 is 0. The molecule has 11 atom stereocenters. The summed E-state index contributed by atoms with van der Waals surface area (Å²) in [6.45, 7) is 10.6. The molecule has 388 valence electrons. The lowest BCUT2D eigenvalue weighted by Gasteiger charge is -2.67. The van der Waals surface area contributed by atoms with Gasteiger partial charge >= 0.3 is 30.0 Å². The molecule has 2 heterocycles. The summed E-state index contributed by atoms with van der Waals surface area (Å²) < 4.78 is 41.4. The summed E-state index contributed by atoms with van der Waals surface area (Å²) in [6.07, 6.45) is -9.77. The number of fused-ring (bicyclic) bond motifs is 5. The Hall–Kier alpha value is -6.32. The van der Waals surface area contributed by atoms with Crippen molar-refractivity contribution in [3.8, 4) is 0 Å². The fourth-order valence-electron chi connectivity index (χ4n) is 11.0. The van der Waals surface area contributed by atoms with Crippen LogP contribution >= 0.6 is 0 Å². The van der Waals surface area contributed by atoms with Gasteiger partial charge in [-0.25, -0.2) is 19.2 Å². The summed E-state index contributed by atoms with van der Waals surface area (Å²) in [4.78, 5) is 110. The Morgan fingerprint density at radius 3 is 2.12 bits per heavy atom. The first-order chi connectivity index (χ1) is 33.8. The molecule has 0 spiro atoms. The molecule has 20 heteroatoms. The maximum atomic E-state index is 15.2. The highest BCUT2D eigenvalue weighted by molar-refractivity contribution is 6.12. The number of amides is 3. The predicted molar refractivity (Wildman–Crippen MR) is 249 cm³/mol. The van der Waals surface area contributed by atoms with Gasteiger partial charge in [0.2, 0.25) is 6.10 Å². The van der Waals surface area contributed by atoms with Gasteiger partial charge in [0.05, 0.1) is 29.6 Å². The van der Waals surface area contributed by atoms with Crippen LogP contribution in [0, 0.1) is 16.7 Å². The fraction of sp³-hybridized carbons (Fsp3) is 0.538. The van der Waals surface area contributed by atoms with E-state index in [-0.39, 0.29) is 54.9 Å². The molecule has 2 aromatic carbocycles. The topological polar surface area (TPSA) is 277 Å². The average Bonchev–Trinajstić information content (AvgIpc) is 3.63. The van der Waals surface area contributed by atoms with Crippen molar-refractivity contribution in [2.24, 2.45) is 16.7 Å². The van der Waals surface area contributed by atoms with Gasteiger partial charge in [0.15, 0.2) is 11.4 Å². The average molecular weight is 1000 g/mol. The number of rotatable bonds is 15. The van der Waals surface area contributed by atoms with E-state index in [0.29, 0.717) is 0 Å². The molecule has 4 N–H and O–H groups in total. The van der Waals surface area contributed by atoms with E-state index >= 15 is 9.59 Å². The number of esters is 4. The van der Waals surface area contributed by atoms with Crippen molar-refractivity contribution >= 4 is 47.6 Å². The number of hydrogen-bond donors (Lipinski definition) is 4. The lowest BCUT2D eigenvalue weighted by atomic mass is 9.44. The van der Waals surface area contributed by atoms with Gasteiger partial charge in [-0.05, 0) is 69.9 Å². The Bertz CT molecular complexity index is 2520. The minimum atomic E-state index is -2.47. The minimum Gasteiger partial charge on any atom is -0.455 e.